The maximum absolute atomic E-state index is 12.5. The molecule has 0 aliphatic heterocycles. The van der Waals surface area contributed by atoms with Gasteiger partial charge in [-0.25, -0.2) is 0 Å². The van der Waals surface area contributed by atoms with E-state index in [4.69, 9.17) is 5.73 Å². The first kappa shape index (κ1) is 13.9. The van der Waals surface area contributed by atoms with E-state index in [9.17, 15) is 4.79 Å². The molecule has 2 fully saturated rings. The van der Waals surface area contributed by atoms with Crippen molar-refractivity contribution in [1.82, 2.24) is 4.90 Å². The van der Waals surface area contributed by atoms with Gasteiger partial charge < -0.3 is 10.6 Å². The van der Waals surface area contributed by atoms with Gasteiger partial charge in [-0.2, -0.15) is 0 Å². The Morgan fingerprint density at radius 1 is 1.11 bits per heavy atom. The lowest BCUT2D eigenvalue weighted by atomic mass is 9.78. The van der Waals surface area contributed by atoms with Crippen molar-refractivity contribution in [2.75, 3.05) is 7.05 Å². The van der Waals surface area contributed by atoms with Gasteiger partial charge in [-0.1, -0.05) is 26.2 Å². The van der Waals surface area contributed by atoms with Crippen molar-refractivity contribution >= 4 is 5.91 Å². The molecule has 0 spiro atoms. The van der Waals surface area contributed by atoms with Crippen LogP contribution in [0.15, 0.2) is 0 Å². The molecule has 0 aromatic heterocycles. The number of amides is 1. The van der Waals surface area contributed by atoms with Gasteiger partial charge in [0.2, 0.25) is 5.91 Å². The van der Waals surface area contributed by atoms with E-state index in [-0.39, 0.29) is 5.92 Å². The van der Waals surface area contributed by atoms with Gasteiger partial charge in [-0.15, -0.1) is 0 Å². The number of carbonyl (C=O) groups is 1. The molecule has 18 heavy (non-hydrogen) atoms. The van der Waals surface area contributed by atoms with E-state index in [2.05, 4.69) is 6.92 Å². The van der Waals surface area contributed by atoms with Crippen molar-refractivity contribution < 1.29 is 4.79 Å². The largest absolute Gasteiger partial charge is 0.343 e. The molecule has 1 amide bonds. The number of rotatable bonds is 2. The molecule has 3 nitrogen and oxygen atoms in total. The van der Waals surface area contributed by atoms with E-state index in [1.807, 2.05) is 11.9 Å². The third-order valence-corrected chi connectivity index (χ3v) is 5.05. The second-order valence-electron chi connectivity index (χ2n) is 6.39. The summed E-state index contributed by atoms with van der Waals surface area (Å²) in [7, 11) is 2.01. The first-order chi connectivity index (χ1) is 8.59. The zero-order valence-corrected chi connectivity index (χ0v) is 11.9. The summed E-state index contributed by atoms with van der Waals surface area (Å²) in [5.74, 6) is 1.10. The van der Waals surface area contributed by atoms with Crippen molar-refractivity contribution in [2.45, 2.75) is 70.4 Å². The molecule has 0 saturated heterocycles. The average molecular weight is 252 g/mol. The highest BCUT2D eigenvalue weighted by atomic mass is 16.2. The van der Waals surface area contributed by atoms with Crippen LogP contribution in [0.3, 0.4) is 0 Å². The van der Waals surface area contributed by atoms with Crippen LogP contribution in [-0.2, 0) is 4.79 Å². The van der Waals surface area contributed by atoms with Gasteiger partial charge in [-0.3, -0.25) is 4.79 Å². The lowest BCUT2D eigenvalue weighted by Gasteiger charge is -2.37. The molecule has 3 heteroatoms. The van der Waals surface area contributed by atoms with Gasteiger partial charge in [-0.05, 0) is 38.0 Å². The molecular weight excluding hydrogens is 224 g/mol. The Kier molecular flexibility index (Phi) is 4.66. The summed E-state index contributed by atoms with van der Waals surface area (Å²) in [6.45, 7) is 2.19. The van der Waals surface area contributed by atoms with Gasteiger partial charge >= 0.3 is 0 Å². The standard InChI is InChI=1S/C15H28N2O/c1-11-10-12(8-9-14(11)16)15(18)17(2)13-6-4-3-5-7-13/h11-14H,3-10,16H2,1-2H3. The molecule has 3 unspecified atom stereocenters. The summed E-state index contributed by atoms with van der Waals surface area (Å²) in [5.41, 5.74) is 6.03. The Labute approximate surface area is 111 Å². The quantitative estimate of drug-likeness (QED) is 0.821. The zero-order chi connectivity index (χ0) is 13.1. The zero-order valence-electron chi connectivity index (χ0n) is 11.9. The highest BCUT2D eigenvalue weighted by Crippen LogP contribution is 2.31. The predicted octanol–water partition coefficient (Wildman–Crippen LogP) is 2.54. The Morgan fingerprint density at radius 3 is 2.39 bits per heavy atom. The van der Waals surface area contributed by atoms with Crippen LogP contribution in [0.5, 0.6) is 0 Å². The fourth-order valence-corrected chi connectivity index (χ4v) is 3.58. The van der Waals surface area contributed by atoms with E-state index in [0.717, 1.165) is 19.3 Å². The van der Waals surface area contributed by atoms with E-state index >= 15 is 0 Å². The normalized spacial score (nSPS) is 34.3. The van der Waals surface area contributed by atoms with E-state index in [0.29, 0.717) is 23.9 Å². The summed E-state index contributed by atoms with van der Waals surface area (Å²) in [6.07, 6.45) is 9.29. The molecule has 0 bridgehead atoms. The summed E-state index contributed by atoms with van der Waals surface area (Å²) < 4.78 is 0. The summed E-state index contributed by atoms with van der Waals surface area (Å²) in [4.78, 5) is 14.6. The first-order valence-corrected chi connectivity index (χ1v) is 7.62. The fourth-order valence-electron chi connectivity index (χ4n) is 3.58. The topological polar surface area (TPSA) is 46.3 Å². The minimum absolute atomic E-state index is 0.228. The van der Waals surface area contributed by atoms with Crippen LogP contribution >= 0.6 is 0 Å². The second kappa shape index (κ2) is 6.05. The monoisotopic (exact) mass is 252 g/mol. The molecule has 0 heterocycles. The van der Waals surface area contributed by atoms with Crippen LogP contribution in [0.2, 0.25) is 0 Å². The van der Waals surface area contributed by atoms with Gasteiger partial charge in [0, 0.05) is 25.0 Å². The number of hydrogen-bond donors (Lipinski definition) is 1. The van der Waals surface area contributed by atoms with E-state index in [1.54, 1.807) is 0 Å². The van der Waals surface area contributed by atoms with Crippen LogP contribution in [-0.4, -0.2) is 29.9 Å². The molecule has 2 N–H and O–H groups in total. The molecule has 0 aromatic carbocycles. The van der Waals surface area contributed by atoms with Crippen molar-refractivity contribution in [3.63, 3.8) is 0 Å². The average Bonchev–Trinajstić information content (AvgIpc) is 2.41. The molecule has 3 atom stereocenters. The lowest BCUT2D eigenvalue weighted by Crippen LogP contribution is -2.45. The number of hydrogen-bond acceptors (Lipinski definition) is 2. The highest BCUT2D eigenvalue weighted by molar-refractivity contribution is 5.79. The number of carbonyl (C=O) groups excluding carboxylic acids is 1. The summed E-state index contributed by atoms with van der Waals surface area (Å²) in [6, 6.07) is 0.797. The number of nitrogens with two attached hydrogens (primary N) is 1. The van der Waals surface area contributed by atoms with Crippen LogP contribution in [0.1, 0.15) is 58.3 Å². The fraction of sp³-hybridized carbons (Fsp3) is 0.933. The molecule has 104 valence electrons. The van der Waals surface area contributed by atoms with Crippen molar-refractivity contribution in [1.29, 1.82) is 0 Å². The van der Waals surface area contributed by atoms with Crippen LogP contribution in [0.4, 0.5) is 0 Å². The van der Waals surface area contributed by atoms with E-state index < -0.39 is 0 Å². The molecule has 2 rings (SSSR count). The first-order valence-electron chi connectivity index (χ1n) is 7.62. The Morgan fingerprint density at radius 2 is 1.78 bits per heavy atom. The summed E-state index contributed by atoms with van der Waals surface area (Å²) in [5, 5.41) is 0. The minimum Gasteiger partial charge on any atom is -0.343 e. The Balaban J connectivity index is 1.89. The molecule has 0 radical (unpaired) electrons. The molecule has 0 aromatic rings. The minimum atomic E-state index is 0.228. The van der Waals surface area contributed by atoms with Gasteiger partial charge in [0.05, 0.1) is 0 Å². The highest BCUT2D eigenvalue weighted by Gasteiger charge is 2.33. The smallest absolute Gasteiger partial charge is 0.225 e. The Bertz CT molecular complexity index is 282. The molecular formula is C15H28N2O. The summed E-state index contributed by atoms with van der Waals surface area (Å²) >= 11 is 0. The van der Waals surface area contributed by atoms with Gasteiger partial charge in [0.25, 0.3) is 0 Å². The van der Waals surface area contributed by atoms with Gasteiger partial charge in [0.15, 0.2) is 0 Å². The SMILES string of the molecule is CC1CC(C(=O)N(C)C2CCCCC2)CCC1N. The van der Waals surface area contributed by atoms with Gasteiger partial charge in [0.1, 0.15) is 0 Å². The maximum atomic E-state index is 12.5. The molecule has 2 saturated carbocycles. The molecule has 2 aliphatic carbocycles. The maximum Gasteiger partial charge on any atom is 0.225 e. The van der Waals surface area contributed by atoms with Crippen LogP contribution < -0.4 is 5.73 Å². The van der Waals surface area contributed by atoms with Crippen molar-refractivity contribution in [2.24, 2.45) is 17.6 Å². The number of nitrogens with zero attached hydrogens (tertiary/aromatic N) is 1. The van der Waals surface area contributed by atoms with Crippen LogP contribution in [0.25, 0.3) is 0 Å². The Hall–Kier alpha value is -0.570. The van der Waals surface area contributed by atoms with Crippen molar-refractivity contribution in [3.8, 4) is 0 Å². The van der Waals surface area contributed by atoms with Crippen molar-refractivity contribution in [3.05, 3.63) is 0 Å². The third kappa shape index (κ3) is 3.05. The lowest BCUT2D eigenvalue weighted by molar-refractivity contribution is -0.138. The third-order valence-electron chi connectivity index (χ3n) is 5.05. The second-order valence-corrected chi connectivity index (χ2v) is 6.39. The molecule has 2 aliphatic rings. The van der Waals surface area contributed by atoms with Crippen LogP contribution in [0, 0.1) is 11.8 Å². The van der Waals surface area contributed by atoms with E-state index in [1.165, 1.54) is 32.1 Å². The predicted molar refractivity (Wildman–Crippen MR) is 74.1 cm³/mol.